The van der Waals surface area contributed by atoms with Crippen LogP contribution in [0.25, 0.3) is 0 Å². The number of allylic oxidation sites excluding steroid dienone is 1. The molecule has 39 heavy (non-hydrogen) atoms. The van der Waals surface area contributed by atoms with Crippen molar-refractivity contribution in [1.29, 1.82) is 0 Å². The van der Waals surface area contributed by atoms with Crippen molar-refractivity contribution in [2.24, 2.45) is 0 Å². The summed E-state index contributed by atoms with van der Waals surface area (Å²) < 4.78 is 37.5. The molecule has 0 heterocycles. The van der Waals surface area contributed by atoms with Crippen LogP contribution in [0.1, 0.15) is 96.0 Å². The maximum atomic E-state index is 12.6. The van der Waals surface area contributed by atoms with Gasteiger partial charge in [-0.15, -0.1) is 0 Å². The van der Waals surface area contributed by atoms with E-state index < -0.39 is 21.1 Å². The molecule has 0 aromatic heterocycles. The second-order valence-corrected chi connectivity index (χ2v) is 11.4. The SMILES string of the molecule is CCCCCC/C=C\COC(=O)OCCCCCCS(=O)(=O)Nc1cccc(CCCCCCO)c1[N+](=O)[O-]. The van der Waals surface area contributed by atoms with Crippen molar-refractivity contribution in [1.82, 2.24) is 0 Å². The molecule has 222 valence electrons. The van der Waals surface area contributed by atoms with Gasteiger partial charge in [-0.05, 0) is 51.0 Å². The van der Waals surface area contributed by atoms with E-state index in [4.69, 9.17) is 14.6 Å². The molecular formula is C28H46N2O8S. The standard InChI is InChI=1S/C28H46N2O8S/c1-2-3-4-5-6-9-14-22-37-28(32)38-23-15-10-11-16-24-39(35,36)29-26-20-17-19-25(27(26)30(33)34)18-12-7-8-13-21-31/h9,14,17,19-20,29,31H,2-8,10-13,15-16,18,21-24H2,1H3/b14-9-. The molecule has 0 unspecified atom stereocenters. The molecule has 0 aliphatic carbocycles. The number of hydrogen-bond acceptors (Lipinski definition) is 8. The largest absolute Gasteiger partial charge is 0.508 e. The molecule has 2 N–H and O–H groups in total. The zero-order valence-corrected chi connectivity index (χ0v) is 24.1. The predicted molar refractivity (Wildman–Crippen MR) is 153 cm³/mol. The van der Waals surface area contributed by atoms with Crippen molar-refractivity contribution in [2.45, 2.75) is 96.8 Å². The van der Waals surface area contributed by atoms with Gasteiger partial charge in [-0.2, -0.15) is 0 Å². The van der Waals surface area contributed by atoms with E-state index in [1.165, 1.54) is 25.3 Å². The van der Waals surface area contributed by atoms with Crippen LogP contribution in [0.5, 0.6) is 0 Å². The smallest absolute Gasteiger partial charge is 0.434 e. The highest BCUT2D eigenvalue weighted by molar-refractivity contribution is 7.92. The molecule has 1 aromatic carbocycles. The van der Waals surface area contributed by atoms with Gasteiger partial charge in [0.1, 0.15) is 12.3 Å². The van der Waals surface area contributed by atoms with Crippen molar-refractivity contribution in [3.05, 3.63) is 46.0 Å². The third-order valence-corrected chi connectivity index (χ3v) is 7.49. The summed E-state index contributed by atoms with van der Waals surface area (Å²) in [4.78, 5) is 22.7. The van der Waals surface area contributed by atoms with Crippen LogP contribution in [0.3, 0.4) is 0 Å². The summed E-state index contributed by atoms with van der Waals surface area (Å²) in [6.45, 7) is 2.67. The van der Waals surface area contributed by atoms with Gasteiger partial charge in [0.15, 0.2) is 0 Å². The first-order chi connectivity index (χ1) is 18.8. The number of carbonyl (C=O) groups excluding carboxylic acids is 1. The fraction of sp³-hybridized carbons (Fsp3) is 0.679. The summed E-state index contributed by atoms with van der Waals surface area (Å²) in [6, 6.07) is 4.67. The van der Waals surface area contributed by atoms with Gasteiger partial charge in [-0.1, -0.05) is 76.2 Å². The summed E-state index contributed by atoms with van der Waals surface area (Å²) in [5, 5.41) is 20.6. The van der Waals surface area contributed by atoms with Gasteiger partial charge >= 0.3 is 6.16 Å². The molecule has 11 heteroatoms. The first kappa shape index (κ1) is 34.4. The van der Waals surface area contributed by atoms with Gasteiger partial charge in [0.2, 0.25) is 10.0 Å². The zero-order valence-electron chi connectivity index (χ0n) is 23.3. The average molecular weight is 571 g/mol. The minimum atomic E-state index is -3.76. The van der Waals surface area contributed by atoms with Crippen molar-refractivity contribution < 1.29 is 32.7 Å². The molecule has 0 amide bonds. The first-order valence-electron chi connectivity index (χ1n) is 14.1. The van der Waals surface area contributed by atoms with E-state index in [2.05, 4.69) is 11.6 Å². The van der Waals surface area contributed by atoms with Crippen molar-refractivity contribution in [3.63, 3.8) is 0 Å². The van der Waals surface area contributed by atoms with Gasteiger partial charge in [-0.3, -0.25) is 14.8 Å². The van der Waals surface area contributed by atoms with E-state index in [9.17, 15) is 23.3 Å². The Morgan fingerprint density at radius 1 is 0.974 bits per heavy atom. The number of ether oxygens (including phenoxy) is 2. The van der Waals surface area contributed by atoms with Gasteiger partial charge < -0.3 is 14.6 Å². The number of sulfonamides is 1. The summed E-state index contributed by atoms with van der Waals surface area (Å²) in [5.74, 6) is -0.163. The minimum absolute atomic E-state index is 0.0221. The Morgan fingerprint density at radius 2 is 1.69 bits per heavy atom. The van der Waals surface area contributed by atoms with E-state index in [1.807, 2.05) is 12.2 Å². The monoisotopic (exact) mass is 570 g/mol. The lowest BCUT2D eigenvalue weighted by Crippen LogP contribution is -2.18. The lowest BCUT2D eigenvalue weighted by molar-refractivity contribution is -0.384. The van der Waals surface area contributed by atoms with Gasteiger partial charge in [0.05, 0.1) is 17.3 Å². The number of hydrogen-bond donors (Lipinski definition) is 2. The second-order valence-electron chi connectivity index (χ2n) is 9.52. The lowest BCUT2D eigenvalue weighted by atomic mass is 10.0. The summed E-state index contributed by atoms with van der Waals surface area (Å²) in [5.41, 5.74) is 0.252. The van der Waals surface area contributed by atoms with Crippen LogP contribution < -0.4 is 4.72 Å². The molecule has 1 aromatic rings. The molecule has 1 rings (SSSR count). The predicted octanol–water partition coefficient (Wildman–Crippen LogP) is 6.67. The molecule has 0 saturated carbocycles. The minimum Gasteiger partial charge on any atom is -0.434 e. The van der Waals surface area contributed by atoms with Crippen LogP contribution in [-0.4, -0.2) is 50.2 Å². The first-order valence-corrected chi connectivity index (χ1v) is 15.8. The van der Waals surface area contributed by atoms with Crippen LogP contribution >= 0.6 is 0 Å². The van der Waals surface area contributed by atoms with Crippen molar-refractivity contribution in [2.75, 3.05) is 30.3 Å². The molecule has 0 saturated heterocycles. The Balaban J connectivity index is 2.31. The molecule has 0 fully saturated rings. The number of nitrogens with one attached hydrogen (secondary N) is 1. The number of carbonyl (C=O) groups is 1. The van der Waals surface area contributed by atoms with E-state index in [-0.39, 0.29) is 36.9 Å². The van der Waals surface area contributed by atoms with Crippen molar-refractivity contribution >= 4 is 27.6 Å². The molecular weight excluding hydrogens is 524 g/mol. The number of nitro benzene ring substituents is 1. The summed E-state index contributed by atoms with van der Waals surface area (Å²) in [6.07, 6.45) is 14.6. The zero-order chi connectivity index (χ0) is 28.8. The van der Waals surface area contributed by atoms with Crippen LogP contribution in [-0.2, 0) is 25.9 Å². The topological polar surface area (TPSA) is 145 Å². The number of para-hydroxylation sites is 1. The van der Waals surface area contributed by atoms with Crippen LogP contribution in [0.2, 0.25) is 0 Å². The number of unbranched alkanes of at least 4 members (excludes halogenated alkanes) is 10. The normalized spacial score (nSPS) is 11.5. The highest BCUT2D eigenvalue weighted by atomic mass is 32.2. The van der Waals surface area contributed by atoms with Crippen LogP contribution in [0, 0.1) is 10.1 Å². The van der Waals surface area contributed by atoms with E-state index in [0.717, 1.165) is 25.7 Å². The fourth-order valence-corrected chi connectivity index (χ4v) is 5.21. The van der Waals surface area contributed by atoms with Gasteiger partial charge in [-0.25, -0.2) is 13.2 Å². The Morgan fingerprint density at radius 3 is 2.44 bits per heavy atom. The second kappa shape index (κ2) is 21.2. The van der Waals surface area contributed by atoms with Crippen molar-refractivity contribution in [3.8, 4) is 0 Å². The average Bonchev–Trinajstić information content (AvgIpc) is 2.89. The highest BCUT2D eigenvalue weighted by Gasteiger charge is 2.22. The maximum Gasteiger partial charge on any atom is 0.508 e. The molecule has 0 spiro atoms. The molecule has 0 aliphatic rings. The number of benzene rings is 1. The fourth-order valence-electron chi connectivity index (χ4n) is 4.03. The number of aliphatic hydroxyl groups is 1. The Labute approximate surface area is 233 Å². The summed E-state index contributed by atoms with van der Waals surface area (Å²) in [7, 11) is -3.76. The van der Waals surface area contributed by atoms with E-state index in [0.29, 0.717) is 50.5 Å². The maximum absolute atomic E-state index is 12.6. The number of aryl methyl sites for hydroxylation is 1. The number of nitro groups is 1. The van der Waals surface area contributed by atoms with Gasteiger partial charge in [0.25, 0.3) is 5.69 Å². The number of anilines is 1. The number of rotatable bonds is 23. The highest BCUT2D eigenvalue weighted by Crippen LogP contribution is 2.31. The third-order valence-electron chi connectivity index (χ3n) is 6.14. The quantitative estimate of drug-likeness (QED) is 0.0488. The molecule has 0 radical (unpaired) electrons. The number of nitrogens with zero attached hydrogens (tertiary/aromatic N) is 1. The van der Waals surface area contributed by atoms with Crippen LogP contribution in [0.15, 0.2) is 30.4 Å². The van der Waals surface area contributed by atoms with E-state index in [1.54, 1.807) is 12.1 Å². The van der Waals surface area contributed by atoms with E-state index >= 15 is 0 Å². The molecule has 0 bridgehead atoms. The third kappa shape index (κ3) is 16.8. The number of aliphatic hydroxyl groups excluding tert-OH is 1. The Kier molecular flexibility index (Phi) is 18.7. The molecule has 10 nitrogen and oxygen atoms in total. The van der Waals surface area contributed by atoms with Gasteiger partial charge in [0, 0.05) is 12.2 Å². The lowest BCUT2D eigenvalue weighted by Gasteiger charge is -2.11. The Hall–Kier alpha value is -2.66. The molecule has 0 aliphatic heterocycles. The van der Waals surface area contributed by atoms with Crippen LogP contribution in [0.4, 0.5) is 16.2 Å². The molecule has 0 atom stereocenters. The summed E-state index contributed by atoms with van der Waals surface area (Å²) >= 11 is 0. The Bertz CT molecular complexity index is 966.